The highest BCUT2D eigenvalue weighted by Gasteiger charge is 2.36. The Kier molecular flexibility index (Phi) is 4.06. The third-order valence-corrected chi connectivity index (χ3v) is 4.02. The van der Waals surface area contributed by atoms with Gasteiger partial charge in [-0.3, -0.25) is 0 Å². The van der Waals surface area contributed by atoms with Crippen LogP contribution in [0.3, 0.4) is 0 Å². The van der Waals surface area contributed by atoms with Crippen LogP contribution in [0.2, 0.25) is 0 Å². The van der Waals surface area contributed by atoms with E-state index >= 15 is 0 Å². The fourth-order valence-corrected chi connectivity index (χ4v) is 2.84. The number of halogens is 3. The van der Waals surface area contributed by atoms with Crippen molar-refractivity contribution in [3.63, 3.8) is 0 Å². The molecule has 0 radical (unpaired) electrons. The zero-order valence-corrected chi connectivity index (χ0v) is 10.4. The summed E-state index contributed by atoms with van der Waals surface area (Å²) in [6.45, 7) is 0.0442. The molecule has 1 aromatic heterocycles. The number of alkyl halides is 3. The first-order chi connectivity index (χ1) is 8.50. The van der Waals surface area contributed by atoms with Crippen molar-refractivity contribution in [3.05, 3.63) is 5.01 Å². The third kappa shape index (κ3) is 3.11. The lowest BCUT2D eigenvalue weighted by atomic mass is 9.85. The van der Waals surface area contributed by atoms with E-state index in [1.165, 1.54) is 0 Å². The standard InChI is InChI=1S/C10H14F3N3OS/c11-10(12,13)8-15-16-9(18-8)14-7-4-2-1-3-6(7)5-17/h6-7,17H,1-5H2,(H,14,16). The summed E-state index contributed by atoms with van der Waals surface area (Å²) < 4.78 is 37.1. The van der Waals surface area contributed by atoms with Gasteiger partial charge in [0.05, 0.1) is 0 Å². The minimum Gasteiger partial charge on any atom is -0.396 e. The van der Waals surface area contributed by atoms with E-state index in [0.717, 1.165) is 25.7 Å². The summed E-state index contributed by atoms with van der Waals surface area (Å²) in [7, 11) is 0. The van der Waals surface area contributed by atoms with Gasteiger partial charge in [-0.1, -0.05) is 24.2 Å². The number of aromatic nitrogens is 2. The van der Waals surface area contributed by atoms with Crippen molar-refractivity contribution in [1.82, 2.24) is 10.2 Å². The van der Waals surface area contributed by atoms with E-state index in [2.05, 4.69) is 15.5 Å². The Morgan fingerprint density at radius 2 is 2.00 bits per heavy atom. The lowest BCUT2D eigenvalue weighted by Crippen LogP contribution is -2.34. The fourth-order valence-electron chi connectivity index (χ4n) is 2.17. The van der Waals surface area contributed by atoms with E-state index in [1.54, 1.807) is 0 Å². The van der Waals surface area contributed by atoms with Crippen LogP contribution in [0.25, 0.3) is 0 Å². The lowest BCUT2D eigenvalue weighted by Gasteiger charge is -2.30. The molecule has 1 aromatic rings. The molecule has 0 aromatic carbocycles. The Bertz CT molecular complexity index is 396. The molecular weight excluding hydrogens is 267 g/mol. The number of nitrogens with one attached hydrogen (secondary N) is 1. The summed E-state index contributed by atoms with van der Waals surface area (Å²) in [5.41, 5.74) is 0. The van der Waals surface area contributed by atoms with Gasteiger partial charge in [-0.25, -0.2) is 0 Å². The highest BCUT2D eigenvalue weighted by molar-refractivity contribution is 7.15. The minimum atomic E-state index is -4.44. The number of rotatable bonds is 3. The van der Waals surface area contributed by atoms with Crippen LogP contribution in [-0.2, 0) is 6.18 Å². The Hall–Kier alpha value is -0.890. The topological polar surface area (TPSA) is 58.0 Å². The Labute approximate surface area is 106 Å². The van der Waals surface area contributed by atoms with Crippen molar-refractivity contribution in [2.75, 3.05) is 11.9 Å². The van der Waals surface area contributed by atoms with Crippen molar-refractivity contribution in [3.8, 4) is 0 Å². The monoisotopic (exact) mass is 281 g/mol. The number of hydrogen-bond donors (Lipinski definition) is 2. The first-order valence-corrected chi connectivity index (χ1v) is 6.60. The second-order valence-corrected chi connectivity index (χ2v) is 5.37. The molecule has 0 saturated heterocycles. The second kappa shape index (κ2) is 5.40. The van der Waals surface area contributed by atoms with Gasteiger partial charge in [0.2, 0.25) is 10.1 Å². The van der Waals surface area contributed by atoms with Gasteiger partial charge in [-0.2, -0.15) is 13.2 Å². The predicted molar refractivity (Wildman–Crippen MR) is 61.4 cm³/mol. The summed E-state index contributed by atoms with van der Waals surface area (Å²) in [5.74, 6) is 0.0805. The van der Waals surface area contributed by atoms with Crippen LogP contribution < -0.4 is 5.32 Å². The zero-order chi connectivity index (χ0) is 13.2. The summed E-state index contributed by atoms with van der Waals surface area (Å²) in [4.78, 5) is 0. The largest absolute Gasteiger partial charge is 0.445 e. The Balaban J connectivity index is 2.02. The van der Waals surface area contributed by atoms with Gasteiger partial charge in [-0.15, -0.1) is 10.2 Å². The predicted octanol–water partition coefficient (Wildman–Crippen LogP) is 2.52. The first kappa shape index (κ1) is 13.5. The highest BCUT2D eigenvalue weighted by atomic mass is 32.1. The molecule has 0 amide bonds. The van der Waals surface area contributed by atoms with Crippen LogP contribution in [0.1, 0.15) is 30.7 Å². The van der Waals surface area contributed by atoms with Gasteiger partial charge in [0.25, 0.3) is 0 Å². The minimum absolute atomic E-state index is 0.0159. The van der Waals surface area contributed by atoms with Crippen LogP contribution >= 0.6 is 11.3 Å². The number of hydrogen-bond acceptors (Lipinski definition) is 5. The van der Waals surface area contributed by atoms with Crippen molar-refractivity contribution in [2.45, 2.75) is 37.9 Å². The molecule has 4 nitrogen and oxygen atoms in total. The van der Waals surface area contributed by atoms with Crippen LogP contribution in [-0.4, -0.2) is 28.0 Å². The molecule has 2 atom stereocenters. The summed E-state index contributed by atoms with van der Waals surface area (Å²) in [6, 6.07) is -0.0159. The van der Waals surface area contributed by atoms with E-state index in [-0.39, 0.29) is 23.7 Å². The normalized spacial score (nSPS) is 25.1. The van der Waals surface area contributed by atoms with Crippen molar-refractivity contribution in [2.24, 2.45) is 5.92 Å². The molecule has 1 aliphatic carbocycles. The van der Waals surface area contributed by atoms with Crippen LogP contribution in [0, 0.1) is 5.92 Å². The quantitative estimate of drug-likeness (QED) is 0.894. The molecule has 2 unspecified atom stereocenters. The number of aliphatic hydroxyl groups excluding tert-OH is 1. The zero-order valence-electron chi connectivity index (χ0n) is 9.57. The highest BCUT2D eigenvalue weighted by Crippen LogP contribution is 2.34. The molecule has 8 heteroatoms. The van der Waals surface area contributed by atoms with Crippen molar-refractivity contribution >= 4 is 16.5 Å². The third-order valence-electron chi connectivity index (χ3n) is 3.12. The van der Waals surface area contributed by atoms with E-state index in [1.807, 2.05) is 0 Å². The van der Waals surface area contributed by atoms with Crippen molar-refractivity contribution in [1.29, 1.82) is 0 Å². The van der Waals surface area contributed by atoms with Crippen LogP contribution in [0.15, 0.2) is 0 Å². The maximum absolute atomic E-state index is 12.4. The van der Waals surface area contributed by atoms with E-state index < -0.39 is 11.2 Å². The van der Waals surface area contributed by atoms with Gasteiger partial charge < -0.3 is 10.4 Å². The molecule has 2 rings (SSSR count). The molecule has 0 bridgehead atoms. The Morgan fingerprint density at radius 1 is 1.28 bits per heavy atom. The Morgan fingerprint density at radius 3 is 2.61 bits per heavy atom. The maximum Gasteiger partial charge on any atom is 0.445 e. The number of nitrogens with zero attached hydrogens (tertiary/aromatic N) is 2. The molecular formula is C10H14F3N3OS. The van der Waals surface area contributed by atoms with E-state index in [0.29, 0.717) is 11.3 Å². The van der Waals surface area contributed by atoms with Gasteiger partial charge in [-0.05, 0) is 12.8 Å². The first-order valence-electron chi connectivity index (χ1n) is 5.79. The van der Waals surface area contributed by atoms with Gasteiger partial charge in [0, 0.05) is 18.6 Å². The number of aliphatic hydroxyl groups is 1. The molecule has 1 aliphatic rings. The van der Waals surface area contributed by atoms with Crippen LogP contribution in [0.5, 0.6) is 0 Å². The fraction of sp³-hybridized carbons (Fsp3) is 0.800. The van der Waals surface area contributed by atoms with Gasteiger partial charge in [0.1, 0.15) is 0 Å². The van der Waals surface area contributed by atoms with Gasteiger partial charge in [0.15, 0.2) is 0 Å². The van der Waals surface area contributed by atoms with E-state index in [4.69, 9.17) is 0 Å². The summed E-state index contributed by atoms with van der Waals surface area (Å²) in [5, 5.41) is 18.0. The summed E-state index contributed by atoms with van der Waals surface area (Å²) >= 11 is 0.506. The molecule has 2 N–H and O–H groups in total. The maximum atomic E-state index is 12.4. The smallest absolute Gasteiger partial charge is 0.396 e. The molecule has 0 aliphatic heterocycles. The molecule has 1 saturated carbocycles. The van der Waals surface area contributed by atoms with Gasteiger partial charge >= 0.3 is 6.18 Å². The average Bonchev–Trinajstić information content (AvgIpc) is 2.78. The average molecular weight is 281 g/mol. The lowest BCUT2D eigenvalue weighted by molar-refractivity contribution is -0.138. The molecule has 102 valence electrons. The summed E-state index contributed by atoms with van der Waals surface area (Å²) in [6.07, 6.45) is -0.655. The van der Waals surface area contributed by atoms with Crippen LogP contribution in [0.4, 0.5) is 18.3 Å². The van der Waals surface area contributed by atoms with Crippen molar-refractivity contribution < 1.29 is 18.3 Å². The number of anilines is 1. The molecule has 1 fully saturated rings. The SMILES string of the molecule is OCC1CCCCC1Nc1nnc(C(F)(F)F)s1. The second-order valence-electron chi connectivity index (χ2n) is 4.39. The molecule has 0 spiro atoms. The van der Waals surface area contributed by atoms with E-state index in [9.17, 15) is 18.3 Å². The molecule has 18 heavy (non-hydrogen) atoms. The molecule has 1 heterocycles.